The van der Waals surface area contributed by atoms with Gasteiger partial charge in [0.15, 0.2) is 5.69 Å². The number of benzene rings is 1. The summed E-state index contributed by atoms with van der Waals surface area (Å²) in [5, 5.41) is 16.5. The standard InChI is InChI=1S/C14H15N3O3/c1-8-3-4-12-10(5-8)6-11(20-12)7-17-9(2)13(14(18)19)15-16-17/h3-5,11H,6-7H2,1-2H3,(H,18,19). The topological polar surface area (TPSA) is 77.2 Å². The third-order valence-corrected chi connectivity index (χ3v) is 3.52. The molecule has 0 fully saturated rings. The molecule has 2 aromatic rings. The van der Waals surface area contributed by atoms with Gasteiger partial charge in [-0.3, -0.25) is 0 Å². The Morgan fingerprint density at radius 1 is 1.50 bits per heavy atom. The van der Waals surface area contributed by atoms with E-state index in [4.69, 9.17) is 9.84 Å². The number of rotatable bonds is 3. The van der Waals surface area contributed by atoms with Gasteiger partial charge in [-0.1, -0.05) is 22.9 Å². The summed E-state index contributed by atoms with van der Waals surface area (Å²) in [6.07, 6.45) is 0.771. The maximum atomic E-state index is 10.9. The van der Waals surface area contributed by atoms with E-state index < -0.39 is 5.97 Å². The number of ether oxygens (including phenoxy) is 1. The molecule has 0 amide bonds. The van der Waals surface area contributed by atoms with Crippen molar-refractivity contribution < 1.29 is 14.6 Å². The lowest BCUT2D eigenvalue weighted by molar-refractivity contribution is 0.0689. The summed E-state index contributed by atoms with van der Waals surface area (Å²) < 4.78 is 7.44. The molecule has 1 N–H and O–H groups in total. The molecule has 0 spiro atoms. The van der Waals surface area contributed by atoms with Crippen LogP contribution in [-0.4, -0.2) is 32.2 Å². The second kappa shape index (κ2) is 4.63. The van der Waals surface area contributed by atoms with Crippen LogP contribution in [0, 0.1) is 13.8 Å². The van der Waals surface area contributed by atoms with Crippen LogP contribution in [0.1, 0.15) is 27.3 Å². The lowest BCUT2D eigenvalue weighted by Gasteiger charge is -2.11. The Balaban J connectivity index is 1.76. The van der Waals surface area contributed by atoms with Crippen LogP contribution in [0.25, 0.3) is 0 Å². The number of nitrogens with zero attached hydrogens (tertiary/aromatic N) is 3. The van der Waals surface area contributed by atoms with Crippen molar-refractivity contribution in [1.82, 2.24) is 15.0 Å². The Morgan fingerprint density at radius 2 is 2.30 bits per heavy atom. The zero-order valence-corrected chi connectivity index (χ0v) is 11.3. The van der Waals surface area contributed by atoms with Crippen molar-refractivity contribution >= 4 is 5.97 Å². The maximum Gasteiger partial charge on any atom is 0.358 e. The minimum Gasteiger partial charge on any atom is -0.488 e. The summed E-state index contributed by atoms with van der Waals surface area (Å²) in [6.45, 7) is 4.25. The molecule has 20 heavy (non-hydrogen) atoms. The lowest BCUT2D eigenvalue weighted by Crippen LogP contribution is -2.22. The van der Waals surface area contributed by atoms with Crippen LogP contribution in [0.2, 0.25) is 0 Å². The van der Waals surface area contributed by atoms with E-state index in [0.717, 1.165) is 12.2 Å². The summed E-state index contributed by atoms with van der Waals surface area (Å²) >= 11 is 0. The normalized spacial score (nSPS) is 16.8. The van der Waals surface area contributed by atoms with Crippen LogP contribution < -0.4 is 4.74 Å². The fraction of sp³-hybridized carbons (Fsp3) is 0.357. The van der Waals surface area contributed by atoms with Crippen LogP contribution in [0.5, 0.6) is 5.75 Å². The molecule has 0 aliphatic carbocycles. The number of carboxylic acids is 1. The number of hydrogen-bond donors (Lipinski definition) is 1. The Morgan fingerprint density at radius 3 is 3.00 bits per heavy atom. The number of hydrogen-bond acceptors (Lipinski definition) is 4. The van der Waals surface area contributed by atoms with Crippen molar-refractivity contribution in [3.05, 3.63) is 40.7 Å². The summed E-state index contributed by atoms with van der Waals surface area (Å²) in [5.74, 6) is -0.156. The average molecular weight is 273 g/mol. The van der Waals surface area contributed by atoms with Gasteiger partial charge in [0.1, 0.15) is 11.9 Å². The van der Waals surface area contributed by atoms with Crippen molar-refractivity contribution in [1.29, 1.82) is 0 Å². The van der Waals surface area contributed by atoms with Gasteiger partial charge in [0.05, 0.1) is 12.2 Å². The van der Waals surface area contributed by atoms with Crippen LogP contribution in [0.4, 0.5) is 0 Å². The van der Waals surface area contributed by atoms with E-state index in [1.807, 2.05) is 19.1 Å². The third kappa shape index (κ3) is 2.13. The largest absolute Gasteiger partial charge is 0.488 e. The maximum absolute atomic E-state index is 10.9. The van der Waals surface area contributed by atoms with E-state index in [1.54, 1.807) is 11.6 Å². The fourth-order valence-electron chi connectivity index (χ4n) is 2.48. The zero-order chi connectivity index (χ0) is 14.3. The molecule has 104 valence electrons. The van der Waals surface area contributed by atoms with Crippen LogP contribution in [0.3, 0.4) is 0 Å². The van der Waals surface area contributed by atoms with Crippen LogP contribution >= 0.6 is 0 Å². The van der Waals surface area contributed by atoms with Crippen molar-refractivity contribution in [2.24, 2.45) is 0 Å². The van der Waals surface area contributed by atoms with Crippen LogP contribution in [-0.2, 0) is 13.0 Å². The third-order valence-electron chi connectivity index (χ3n) is 3.52. The van der Waals surface area contributed by atoms with E-state index in [9.17, 15) is 4.79 Å². The molecule has 1 unspecified atom stereocenters. The Kier molecular flexibility index (Phi) is 2.93. The SMILES string of the molecule is Cc1ccc2c(c1)CC(Cn1nnc(C(=O)O)c1C)O2. The molecule has 1 atom stereocenters. The minimum absolute atomic E-state index is 0.00337. The molecule has 0 radical (unpaired) electrons. The van der Waals surface area contributed by atoms with Crippen molar-refractivity contribution in [2.75, 3.05) is 0 Å². The first-order valence-electron chi connectivity index (χ1n) is 6.44. The van der Waals surface area contributed by atoms with Gasteiger partial charge in [-0.25, -0.2) is 9.48 Å². The second-order valence-corrected chi connectivity index (χ2v) is 5.07. The van der Waals surface area contributed by atoms with Gasteiger partial charge in [-0.15, -0.1) is 5.10 Å². The molecule has 6 nitrogen and oxygen atoms in total. The number of aryl methyl sites for hydroxylation is 1. The smallest absolute Gasteiger partial charge is 0.358 e. The summed E-state index contributed by atoms with van der Waals surface area (Å²) in [5.41, 5.74) is 2.94. The molecule has 0 saturated carbocycles. The predicted molar refractivity (Wildman–Crippen MR) is 71.0 cm³/mol. The lowest BCUT2D eigenvalue weighted by atomic mass is 10.1. The van der Waals surface area contributed by atoms with Gasteiger partial charge in [0.2, 0.25) is 0 Å². The number of aromatic carboxylic acids is 1. The molecule has 0 saturated heterocycles. The Labute approximate surface area is 116 Å². The molecule has 3 rings (SSSR count). The van der Waals surface area contributed by atoms with Gasteiger partial charge in [0.25, 0.3) is 0 Å². The highest BCUT2D eigenvalue weighted by Crippen LogP contribution is 2.30. The minimum atomic E-state index is -1.06. The molecule has 1 aromatic carbocycles. The van der Waals surface area contributed by atoms with E-state index in [0.29, 0.717) is 12.2 Å². The Hall–Kier alpha value is -2.37. The van der Waals surface area contributed by atoms with Gasteiger partial charge in [0, 0.05) is 6.42 Å². The number of carboxylic acid groups (broad SMARTS) is 1. The first kappa shape index (κ1) is 12.7. The summed E-state index contributed by atoms with van der Waals surface area (Å²) in [7, 11) is 0. The van der Waals surface area contributed by atoms with E-state index in [2.05, 4.69) is 16.4 Å². The van der Waals surface area contributed by atoms with Crippen molar-refractivity contribution in [2.45, 2.75) is 32.9 Å². The molecule has 2 heterocycles. The second-order valence-electron chi connectivity index (χ2n) is 5.07. The van der Waals surface area contributed by atoms with Crippen molar-refractivity contribution in [3.8, 4) is 5.75 Å². The van der Waals surface area contributed by atoms with Crippen LogP contribution in [0.15, 0.2) is 18.2 Å². The number of aromatic nitrogens is 3. The molecular weight excluding hydrogens is 258 g/mol. The predicted octanol–water partition coefficient (Wildman–Crippen LogP) is 1.60. The molecule has 1 aliphatic rings. The first-order chi connectivity index (χ1) is 9.54. The van der Waals surface area contributed by atoms with E-state index in [1.165, 1.54) is 11.1 Å². The van der Waals surface area contributed by atoms with Gasteiger partial charge in [-0.2, -0.15) is 0 Å². The van der Waals surface area contributed by atoms with E-state index >= 15 is 0 Å². The van der Waals surface area contributed by atoms with Gasteiger partial charge < -0.3 is 9.84 Å². The average Bonchev–Trinajstić information content (AvgIpc) is 2.93. The number of carbonyl (C=O) groups is 1. The highest BCUT2D eigenvalue weighted by atomic mass is 16.5. The Bertz CT molecular complexity index is 678. The zero-order valence-electron chi connectivity index (χ0n) is 11.3. The summed E-state index contributed by atoms with van der Waals surface area (Å²) in [4.78, 5) is 10.9. The molecular formula is C14H15N3O3. The molecule has 6 heteroatoms. The fourth-order valence-corrected chi connectivity index (χ4v) is 2.48. The van der Waals surface area contributed by atoms with Gasteiger partial charge in [-0.05, 0) is 25.5 Å². The highest BCUT2D eigenvalue weighted by Gasteiger charge is 2.25. The van der Waals surface area contributed by atoms with E-state index in [-0.39, 0.29) is 11.8 Å². The highest BCUT2D eigenvalue weighted by molar-refractivity contribution is 5.86. The quantitative estimate of drug-likeness (QED) is 0.919. The first-order valence-corrected chi connectivity index (χ1v) is 6.44. The molecule has 1 aliphatic heterocycles. The monoisotopic (exact) mass is 273 g/mol. The molecule has 1 aromatic heterocycles. The molecule has 0 bridgehead atoms. The summed E-state index contributed by atoms with van der Waals surface area (Å²) in [6, 6.07) is 6.11. The number of fused-ring (bicyclic) bond motifs is 1. The van der Waals surface area contributed by atoms with Gasteiger partial charge >= 0.3 is 5.97 Å². The van der Waals surface area contributed by atoms with Crippen molar-refractivity contribution in [3.63, 3.8) is 0 Å².